The second-order valence-corrected chi connectivity index (χ2v) is 3.79. The molecule has 0 unspecified atom stereocenters. The predicted molar refractivity (Wildman–Crippen MR) is 67.3 cm³/mol. The zero-order chi connectivity index (χ0) is 14.5. The van der Waals surface area contributed by atoms with Crippen LogP contribution >= 0.6 is 0 Å². The van der Waals surface area contributed by atoms with E-state index in [9.17, 15) is 13.6 Å². The Morgan fingerprint density at radius 3 is 2.65 bits per heavy atom. The maximum Gasteiger partial charge on any atom is 0.387 e. The quantitative estimate of drug-likeness (QED) is 0.790. The van der Waals surface area contributed by atoms with Gasteiger partial charge >= 0.3 is 6.61 Å². The third kappa shape index (κ3) is 2.90. The van der Waals surface area contributed by atoms with Crippen molar-refractivity contribution in [2.45, 2.75) is 6.61 Å². The molecule has 2 aromatic rings. The highest BCUT2D eigenvalue weighted by Crippen LogP contribution is 2.33. The number of hydrogen-bond donors (Lipinski definition) is 0. The Hall–Kier alpha value is -2.50. The normalized spacial score (nSPS) is 10.4. The molecule has 0 amide bonds. The molecule has 2 rings (SSSR count). The van der Waals surface area contributed by atoms with Gasteiger partial charge in [0.05, 0.1) is 12.7 Å². The lowest BCUT2D eigenvalue weighted by atomic mass is 10.0. The molecule has 4 nitrogen and oxygen atoms in total. The van der Waals surface area contributed by atoms with E-state index in [0.29, 0.717) is 5.56 Å². The number of ether oxygens (including phenoxy) is 2. The van der Waals surface area contributed by atoms with E-state index in [0.717, 1.165) is 0 Å². The van der Waals surface area contributed by atoms with Gasteiger partial charge in [-0.1, -0.05) is 6.07 Å². The van der Waals surface area contributed by atoms with Crippen molar-refractivity contribution in [1.82, 2.24) is 4.98 Å². The van der Waals surface area contributed by atoms with Crippen molar-refractivity contribution in [3.05, 3.63) is 53.9 Å². The number of hydrogen-bond acceptors (Lipinski definition) is 4. The first-order valence-corrected chi connectivity index (χ1v) is 5.70. The van der Waals surface area contributed by atoms with E-state index >= 15 is 0 Å². The summed E-state index contributed by atoms with van der Waals surface area (Å²) in [7, 11) is 1.29. The van der Waals surface area contributed by atoms with Gasteiger partial charge in [-0.15, -0.1) is 0 Å². The van der Waals surface area contributed by atoms with Crippen LogP contribution in [0.15, 0.2) is 42.7 Å². The summed E-state index contributed by atoms with van der Waals surface area (Å²) in [6, 6.07) is 7.43. The molecule has 1 aromatic heterocycles. The molecule has 1 heterocycles. The molecule has 0 N–H and O–H groups in total. The number of carbonyl (C=O) groups is 1. The van der Waals surface area contributed by atoms with Gasteiger partial charge in [0.1, 0.15) is 0 Å². The summed E-state index contributed by atoms with van der Waals surface area (Å²) in [5.74, 6) is -0.589. The van der Waals surface area contributed by atoms with Gasteiger partial charge in [0.15, 0.2) is 17.3 Å². The number of alkyl halides is 2. The zero-order valence-electron chi connectivity index (χ0n) is 10.5. The number of aromatic nitrogens is 1. The Balaban J connectivity index is 2.44. The van der Waals surface area contributed by atoms with E-state index < -0.39 is 6.61 Å². The zero-order valence-corrected chi connectivity index (χ0v) is 10.5. The molecule has 0 saturated carbocycles. The summed E-state index contributed by atoms with van der Waals surface area (Å²) >= 11 is 0. The lowest BCUT2D eigenvalue weighted by Crippen LogP contribution is -2.08. The van der Waals surface area contributed by atoms with Crippen molar-refractivity contribution in [3.8, 4) is 11.5 Å². The van der Waals surface area contributed by atoms with Crippen molar-refractivity contribution < 1.29 is 23.0 Å². The van der Waals surface area contributed by atoms with Crippen LogP contribution in [0.4, 0.5) is 8.78 Å². The summed E-state index contributed by atoms with van der Waals surface area (Å²) in [5.41, 5.74) is 0.471. The third-order valence-electron chi connectivity index (χ3n) is 2.57. The Labute approximate surface area is 114 Å². The molecule has 1 aromatic carbocycles. The molecule has 0 aliphatic rings. The van der Waals surface area contributed by atoms with Crippen molar-refractivity contribution in [3.63, 3.8) is 0 Å². The van der Waals surface area contributed by atoms with Gasteiger partial charge in [0.25, 0.3) is 0 Å². The van der Waals surface area contributed by atoms with Gasteiger partial charge in [-0.3, -0.25) is 9.78 Å². The minimum absolute atomic E-state index is 0.0262. The van der Waals surface area contributed by atoms with Gasteiger partial charge in [-0.05, 0) is 24.3 Å². The van der Waals surface area contributed by atoms with Gasteiger partial charge in [0.2, 0.25) is 0 Å². The molecule has 0 aliphatic carbocycles. The Kier molecular flexibility index (Phi) is 4.24. The van der Waals surface area contributed by atoms with Crippen LogP contribution in [0, 0.1) is 0 Å². The number of methoxy groups -OCH3 is 1. The molecule has 0 fully saturated rings. The van der Waals surface area contributed by atoms with Crippen LogP contribution in [0.1, 0.15) is 15.9 Å². The largest absolute Gasteiger partial charge is 0.492 e. The van der Waals surface area contributed by atoms with Crippen LogP contribution < -0.4 is 9.47 Å². The number of rotatable bonds is 5. The van der Waals surface area contributed by atoms with E-state index in [-0.39, 0.29) is 22.8 Å². The molecule has 0 radical (unpaired) electrons. The summed E-state index contributed by atoms with van der Waals surface area (Å²) in [4.78, 5) is 16.1. The smallest absolute Gasteiger partial charge is 0.387 e. The molecule has 104 valence electrons. The molecule has 0 bridgehead atoms. The monoisotopic (exact) mass is 279 g/mol. The van der Waals surface area contributed by atoms with Crippen LogP contribution in [0.25, 0.3) is 0 Å². The fourth-order valence-electron chi connectivity index (χ4n) is 1.75. The van der Waals surface area contributed by atoms with Crippen LogP contribution in [0.2, 0.25) is 0 Å². The van der Waals surface area contributed by atoms with Gasteiger partial charge in [-0.25, -0.2) is 0 Å². The summed E-state index contributed by atoms with van der Waals surface area (Å²) in [6.07, 6.45) is 2.92. The molecule has 20 heavy (non-hydrogen) atoms. The first-order chi connectivity index (χ1) is 9.63. The summed E-state index contributed by atoms with van der Waals surface area (Å²) < 4.78 is 34.0. The minimum atomic E-state index is -2.99. The van der Waals surface area contributed by atoms with Gasteiger partial charge in [0, 0.05) is 18.0 Å². The number of para-hydroxylation sites is 1. The number of ketones is 1. The fourth-order valence-corrected chi connectivity index (χ4v) is 1.75. The topological polar surface area (TPSA) is 48.4 Å². The maximum absolute atomic E-state index is 12.3. The highest BCUT2D eigenvalue weighted by Gasteiger charge is 2.19. The molecule has 6 heteroatoms. The molecular weight excluding hydrogens is 268 g/mol. The number of halogens is 2. The molecule has 0 aliphatic heterocycles. The number of carbonyl (C=O) groups excluding carboxylic acids is 1. The van der Waals surface area contributed by atoms with E-state index in [2.05, 4.69) is 9.72 Å². The predicted octanol–water partition coefficient (Wildman–Crippen LogP) is 2.92. The van der Waals surface area contributed by atoms with Crippen LogP contribution in [-0.4, -0.2) is 24.5 Å². The summed E-state index contributed by atoms with van der Waals surface area (Å²) in [6.45, 7) is -2.99. The van der Waals surface area contributed by atoms with Gasteiger partial charge < -0.3 is 9.47 Å². The maximum atomic E-state index is 12.3. The summed E-state index contributed by atoms with van der Waals surface area (Å²) in [5, 5.41) is 0. The fraction of sp³-hybridized carbons (Fsp3) is 0.143. The van der Waals surface area contributed by atoms with E-state index in [1.54, 1.807) is 12.1 Å². The lowest BCUT2D eigenvalue weighted by molar-refractivity contribution is -0.0512. The average Bonchev–Trinajstić information content (AvgIpc) is 2.46. The molecule has 0 saturated heterocycles. The molecule has 0 spiro atoms. The van der Waals surface area contributed by atoms with Crippen LogP contribution in [-0.2, 0) is 0 Å². The highest BCUT2D eigenvalue weighted by molar-refractivity contribution is 6.11. The van der Waals surface area contributed by atoms with E-state index in [4.69, 9.17) is 4.74 Å². The SMILES string of the molecule is COc1c(OC(F)F)cccc1C(=O)c1cccnc1. The lowest BCUT2D eigenvalue weighted by Gasteiger charge is -2.13. The number of nitrogens with zero attached hydrogens (tertiary/aromatic N) is 1. The van der Waals surface area contributed by atoms with E-state index in [1.165, 1.54) is 37.7 Å². The molecule has 0 atom stereocenters. The van der Waals surface area contributed by atoms with Crippen LogP contribution in [0.3, 0.4) is 0 Å². The number of pyridine rings is 1. The second kappa shape index (κ2) is 6.10. The Bertz CT molecular complexity index is 603. The number of benzene rings is 1. The second-order valence-electron chi connectivity index (χ2n) is 3.79. The van der Waals surface area contributed by atoms with Crippen molar-refractivity contribution in [2.75, 3.05) is 7.11 Å². The van der Waals surface area contributed by atoms with Crippen molar-refractivity contribution in [2.24, 2.45) is 0 Å². The minimum Gasteiger partial charge on any atom is -0.492 e. The first kappa shape index (κ1) is 13.9. The third-order valence-corrected chi connectivity index (χ3v) is 2.57. The molecular formula is C14H11F2NO3. The average molecular weight is 279 g/mol. The Morgan fingerprint density at radius 2 is 2.05 bits per heavy atom. The Morgan fingerprint density at radius 1 is 1.25 bits per heavy atom. The van der Waals surface area contributed by atoms with Crippen molar-refractivity contribution >= 4 is 5.78 Å². The van der Waals surface area contributed by atoms with Crippen LogP contribution in [0.5, 0.6) is 11.5 Å². The van der Waals surface area contributed by atoms with E-state index in [1.807, 2.05) is 0 Å². The highest BCUT2D eigenvalue weighted by atomic mass is 19.3. The standard InChI is InChI=1S/C14H11F2NO3/c1-19-13-10(5-2-6-11(13)20-14(15)16)12(18)9-4-3-7-17-8-9/h2-8,14H,1H3. The first-order valence-electron chi connectivity index (χ1n) is 5.70. The van der Waals surface area contributed by atoms with Crippen molar-refractivity contribution in [1.29, 1.82) is 0 Å². The van der Waals surface area contributed by atoms with Gasteiger partial charge in [-0.2, -0.15) is 8.78 Å².